The van der Waals surface area contributed by atoms with Crippen LogP contribution in [-0.2, 0) is 0 Å². The largest absolute Gasteiger partial charge is 0.337 e. The van der Waals surface area contributed by atoms with Crippen LogP contribution in [0.15, 0.2) is 41.1 Å². The molecule has 0 aliphatic rings. The molecule has 0 spiro atoms. The standard InChI is InChI=1S/C12H7BrClN3/c13-7-1-2-8(9(14)5-7)12-16-10-3-4-15-6-11(10)17-12/h1-6H,(H,16,17). The van der Waals surface area contributed by atoms with Crippen LogP contribution in [0.4, 0.5) is 0 Å². The van der Waals surface area contributed by atoms with E-state index in [1.54, 1.807) is 12.4 Å². The van der Waals surface area contributed by atoms with E-state index in [-0.39, 0.29) is 0 Å². The monoisotopic (exact) mass is 307 g/mol. The third-order valence-corrected chi connectivity index (χ3v) is 3.28. The SMILES string of the molecule is Clc1cc(Br)ccc1-c1nc2ccncc2[nH]1. The molecule has 1 N–H and O–H groups in total. The molecule has 0 saturated heterocycles. The highest BCUT2D eigenvalue weighted by Crippen LogP contribution is 2.29. The van der Waals surface area contributed by atoms with Gasteiger partial charge in [-0.05, 0) is 24.3 Å². The summed E-state index contributed by atoms with van der Waals surface area (Å²) < 4.78 is 0.948. The van der Waals surface area contributed by atoms with Crippen molar-refractivity contribution >= 4 is 38.6 Å². The lowest BCUT2D eigenvalue weighted by Crippen LogP contribution is -1.81. The Balaban J connectivity index is 2.20. The molecule has 0 atom stereocenters. The van der Waals surface area contributed by atoms with E-state index in [9.17, 15) is 0 Å². The number of nitrogens with zero attached hydrogens (tertiary/aromatic N) is 2. The van der Waals surface area contributed by atoms with Crippen molar-refractivity contribution in [2.75, 3.05) is 0 Å². The summed E-state index contributed by atoms with van der Waals surface area (Å²) >= 11 is 9.56. The number of benzene rings is 1. The second-order valence-electron chi connectivity index (χ2n) is 3.60. The minimum absolute atomic E-state index is 0.659. The summed E-state index contributed by atoms with van der Waals surface area (Å²) in [4.78, 5) is 11.7. The quantitative estimate of drug-likeness (QED) is 0.737. The smallest absolute Gasteiger partial charge is 0.140 e. The molecule has 0 aliphatic heterocycles. The fraction of sp³-hybridized carbons (Fsp3) is 0. The van der Waals surface area contributed by atoms with Gasteiger partial charge in [-0.1, -0.05) is 27.5 Å². The number of aromatic nitrogens is 3. The zero-order chi connectivity index (χ0) is 11.8. The molecule has 1 aromatic carbocycles. The maximum Gasteiger partial charge on any atom is 0.140 e. The highest BCUT2D eigenvalue weighted by Gasteiger charge is 2.08. The molecule has 2 aromatic heterocycles. The number of H-pyrrole nitrogens is 1. The predicted octanol–water partition coefficient (Wildman–Crippen LogP) is 4.04. The average Bonchev–Trinajstić information content (AvgIpc) is 2.72. The first-order chi connectivity index (χ1) is 8.24. The van der Waals surface area contributed by atoms with E-state index in [4.69, 9.17) is 11.6 Å². The summed E-state index contributed by atoms with van der Waals surface area (Å²) in [7, 11) is 0. The molecule has 3 nitrogen and oxygen atoms in total. The van der Waals surface area contributed by atoms with Crippen LogP contribution in [0.1, 0.15) is 0 Å². The Bertz CT molecular complexity index is 660. The van der Waals surface area contributed by atoms with Gasteiger partial charge in [0.2, 0.25) is 0 Å². The number of aromatic amines is 1. The number of imidazole rings is 1. The summed E-state index contributed by atoms with van der Waals surface area (Å²) in [6.45, 7) is 0. The first kappa shape index (κ1) is 10.7. The molecule has 5 heteroatoms. The van der Waals surface area contributed by atoms with Crippen LogP contribution in [0.5, 0.6) is 0 Å². The van der Waals surface area contributed by atoms with Gasteiger partial charge in [0.1, 0.15) is 5.82 Å². The van der Waals surface area contributed by atoms with E-state index in [0.29, 0.717) is 5.02 Å². The Hall–Kier alpha value is -1.39. The van der Waals surface area contributed by atoms with Gasteiger partial charge in [0.25, 0.3) is 0 Å². The normalized spacial score (nSPS) is 10.9. The maximum atomic E-state index is 6.19. The molecule has 0 unspecified atom stereocenters. The van der Waals surface area contributed by atoms with Crippen molar-refractivity contribution in [3.63, 3.8) is 0 Å². The van der Waals surface area contributed by atoms with Crippen molar-refractivity contribution in [1.29, 1.82) is 0 Å². The Labute approximate surface area is 111 Å². The lowest BCUT2D eigenvalue weighted by Gasteiger charge is -2.00. The molecule has 0 aliphatic carbocycles. The van der Waals surface area contributed by atoms with Crippen LogP contribution in [0, 0.1) is 0 Å². The maximum absolute atomic E-state index is 6.19. The number of fused-ring (bicyclic) bond motifs is 1. The van der Waals surface area contributed by atoms with Crippen molar-refractivity contribution in [1.82, 2.24) is 15.0 Å². The fourth-order valence-corrected chi connectivity index (χ4v) is 2.43. The third kappa shape index (κ3) is 1.94. The number of halogens is 2. The van der Waals surface area contributed by atoms with E-state index >= 15 is 0 Å². The molecule has 3 aromatic rings. The zero-order valence-electron chi connectivity index (χ0n) is 8.61. The van der Waals surface area contributed by atoms with Crippen molar-refractivity contribution < 1.29 is 0 Å². The minimum atomic E-state index is 0.659. The highest BCUT2D eigenvalue weighted by atomic mass is 79.9. The zero-order valence-corrected chi connectivity index (χ0v) is 11.0. The van der Waals surface area contributed by atoms with Crippen LogP contribution >= 0.6 is 27.5 Å². The molecule has 0 fully saturated rings. The summed E-state index contributed by atoms with van der Waals surface area (Å²) in [5.41, 5.74) is 2.67. The van der Waals surface area contributed by atoms with E-state index in [1.165, 1.54) is 0 Å². The van der Waals surface area contributed by atoms with Crippen LogP contribution < -0.4 is 0 Å². The van der Waals surface area contributed by atoms with Crippen LogP contribution in [0.25, 0.3) is 22.4 Å². The van der Waals surface area contributed by atoms with E-state index < -0.39 is 0 Å². The summed E-state index contributed by atoms with van der Waals surface area (Å²) in [5, 5.41) is 0.659. The predicted molar refractivity (Wildman–Crippen MR) is 72.0 cm³/mol. The van der Waals surface area contributed by atoms with Crippen LogP contribution in [0.2, 0.25) is 5.02 Å². The van der Waals surface area contributed by atoms with Crippen LogP contribution in [-0.4, -0.2) is 15.0 Å². The van der Waals surface area contributed by atoms with Crippen LogP contribution in [0.3, 0.4) is 0 Å². The molecule has 0 bridgehead atoms. The number of pyridine rings is 1. The molecule has 0 amide bonds. The highest BCUT2D eigenvalue weighted by molar-refractivity contribution is 9.10. The van der Waals surface area contributed by atoms with Crippen molar-refractivity contribution in [2.45, 2.75) is 0 Å². The average molecular weight is 309 g/mol. The Morgan fingerprint density at radius 1 is 1.24 bits per heavy atom. The van der Waals surface area contributed by atoms with Crippen molar-refractivity contribution in [2.24, 2.45) is 0 Å². The van der Waals surface area contributed by atoms with Gasteiger partial charge in [-0.2, -0.15) is 0 Å². The molecule has 84 valence electrons. The van der Waals surface area contributed by atoms with Crippen molar-refractivity contribution in [3.05, 3.63) is 46.2 Å². The van der Waals surface area contributed by atoms with Crippen molar-refractivity contribution in [3.8, 4) is 11.4 Å². The van der Waals surface area contributed by atoms with Gasteiger partial charge in [-0.15, -0.1) is 0 Å². The molecule has 0 saturated carbocycles. The topological polar surface area (TPSA) is 41.6 Å². The van der Waals surface area contributed by atoms with Gasteiger partial charge in [-0.25, -0.2) is 4.98 Å². The minimum Gasteiger partial charge on any atom is -0.337 e. The van der Waals surface area contributed by atoms with Gasteiger partial charge < -0.3 is 4.98 Å². The molecule has 2 heterocycles. The fourth-order valence-electron chi connectivity index (χ4n) is 1.67. The first-order valence-corrected chi connectivity index (χ1v) is 6.16. The lowest BCUT2D eigenvalue weighted by molar-refractivity contribution is 1.32. The third-order valence-electron chi connectivity index (χ3n) is 2.47. The van der Waals surface area contributed by atoms with E-state index in [0.717, 1.165) is 26.9 Å². The number of rotatable bonds is 1. The van der Waals surface area contributed by atoms with Gasteiger partial charge in [0, 0.05) is 16.2 Å². The van der Waals surface area contributed by atoms with Gasteiger partial charge in [-0.3, -0.25) is 4.98 Å². The molecule has 0 radical (unpaired) electrons. The van der Waals surface area contributed by atoms with Gasteiger partial charge in [0.05, 0.1) is 22.3 Å². The second-order valence-corrected chi connectivity index (χ2v) is 4.93. The molecular formula is C12H7BrClN3. The summed E-state index contributed by atoms with van der Waals surface area (Å²) in [6.07, 6.45) is 3.47. The second kappa shape index (κ2) is 4.13. The van der Waals surface area contributed by atoms with E-state index in [2.05, 4.69) is 30.9 Å². The first-order valence-electron chi connectivity index (χ1n) is 4.99. The Morgan fingerprint density at radius 2 is 2.12 bits per heavy atom. The van der Waals surface area contributed by atoms with Gasteiger partial charge in [0.15, 0.2) is 0 Å². The lowest BCUT2D eigenvalue weighted by atomic mass is 10.2. The summed E-state index contributed by atoms with van der Waals surface area (Å²) in [6, 6.07) is 7.58. The van der Waals surface area contributed by atoms with E-state index in [1.807, 2.05) is 24.3 Å². The Kier molecular flexibility index (Phi) is 2.61. The number of hydrogen-bond donors (Lipinski definition) is 1. The number of hydrogen-bond acceptors (Lipinski definition) is 2. The van der Waals surface area contributed by atoms with Gasteiger partial charge >= 0.3 is 0 Å². The molecule has 3 rings (SSSR count). The summed E-state index contributed by atoms with van der Waals surface area (Å²) in [5.74, 6) is 0.755. The number of nitrogens with one attached hydrogen (secondary N) is 1. The molecular weight excluding hydrogens is 302 g/mol. The Morgan fingerprint density at radius 3 is 2.88 bits per heavy atom. The molecule has 17 heavy (non-hydrogen) atoms.